The van der Waals surface area contributed by atoms with Gasteiger partial charge in [0.05, 0.1) is 6.04 Å². The van der Waals surface area contributed by atoms with Crippen molar-refractivity contribution in [3.63, 3.8) is 0 Å². The van der Waals surface area contributed by atoms with Crippen LogP contribution in [0, 0.1) is 17.7 Å². The third-order valence-corrected chi connectivity index (χ3v) is 6.94. The maximum Gasteiger partial charge on any atom is 0.237 e. The Labute approximate surface area is 172 Å². The van der Waals surface area contributed by atoms with Gasteiger partial charge in [-0.3, -0.25) is 14.5 Å². The van der Waals surface area contributed by atoms with Gasteiger partial charge in [0.25, 0.3) is 0 Å². The van der Waals surface area contributed by atoms with Gasteiger partial charge in [0.2, 0.25) is 11.8 Å². The monoisotopic (exact) mass is 401 g/mol. The number of amides is 2. The minimum atomic E-state index is -0.281. The molecule has 158 valence electrons. The van der Waals surface area contributed by atoms with E-state index >= 15 is 0 Å². The molecule has 1 aliphatic heterocycles. The highest BCUT2D eigenvalue weighted by Gasteiger charge is 2.38. The Bertz CT molecular complexity index is 723. The van der Waals surface area contributed by atoms with Crippen molar-refractivity contribution in [3.8, 4) is 0 Å². The number of piperazine rings is 1. The molecule has 0 aromatic heterocycles. The van der Waals surface area contributed by atoms with Crippen LogP contribution >= 0.6 is 0 Å². The Morgan fingerprint density at radius 3 is 2.38 bits per heavy atom. The molecule has 1 aromatic carbocycles. The minimum Gasteiger partial charge on any atom is -0.351 e. The number of carbonyl (C=O) groups excluding carboxylic acids is 2. The van der Waals surface area contributed by atoms with Crippen LogP contribution in [0.2, 0.25) is 0 Å². The van der Waals surface area contributed by atoms with Gasteiger partial charge in [-0.15, -0.1) is 0 Å². The van der Waals surface area contributed by atoms with Crippen LogP contribution in [0.1, 0.15) is 50.5 Å². The lowest BCUT2D eigenvalue weighted by atomic mass is 9.84. The van der Waals surface area contributed by atoms with E-state index < -0.39 is 0 Å². The van der Waals surface area contributed by atoms with E-state index in [4.69, 9.17) is 0 Å². The number of nitrogens with zero attached hydrogens (tertiary/aromatic N) is 2. The highest BCUT2D eigenvalue weighted by molar-refractivity contribution is 5.82. The van der Waals surface area contributed by atoms with Crippen molar-refractivity contribution in [3.05, 3.63) is 35.6 Å². The molecule has 3 fully saturated rings. The zero-order valence-corrected chi connectivity index (χ0v) is 17.1. The number of carbonyl (C=O) groups is 2. The first-order valence-electron chi connectivity index (χ1n) is 11.2. The van der Waals surface area contributed by atoms with Crippen LogP contribution in [0.3, 0.4) is 0 Å². The minimum absolute atomic E-state index is 0.0416. The van der Waals surface area contributed by atoms with E-state index in [1.54, 1.807) is 6.07 Å². The summed E-state index contributed by atoms with van der Waals surface area (Å²) in [5, 5.41) is 3.04. The molecule has 1 heterocycles. The number of nitrogens with one attached hydrogen (secondary N) is 1. The van der Waals surface area contributed by atoms with E-state index in [1.807, 2.05) is 11.0 Å². The Morgan fingerprint density at radius 2 is 1.76 bits per heavy atom. The van der Waals surface area contributed by atoms with Gasteiger partial charge in [-0.2, -0.15) is 0 Å². The molecular weight excluding hydrogens is 369 g/mol. The first-order chi connectivity index (χ1) is 14.1. The quantitative estimate of drug-likeness (QED) is 0.797. The first kappa shape index (κ1) is 20.3. The van der Waals surface area contributed by atoms with Gasteiger partial charge in [0.15, 0.2) is 0 Å². The summed E-state index contributed by atoms with van der Waals surface area (Å²) >= 11 is 0. The standard InChI is InChI=1S/C23H32FN3O2/c24-20-10-3-5-17(15-20)16-25-22(28)21(18-6-1-2-7-18)26-11-13-27(14-12-26)23(29)19-8-4-9-19/h3,5,10,15,18-19,21H,1-2,4,6-9,11-14,16H2,(H,25,28). The maximum atomic E-state index is 13.4. The number of benzene rings is 1. The summed E-state index contributed by atoms with van der Waals surface area (Å²) in [6.07, 6.45) is 7.76. The highest BCUT2D eigenvalue weighted by atomic mass is 19.1. The molecule has 1 N–H and O–H groups in total. The van der Waals surface area contributed by atoms with Crippen molar-refractivity contribution in [1.82, 2.24) is 15.1 Å². The van der Waals surface area contributed by atoms with Crippen LogP contribution in [0.5, 0.6) is 0 Å². The normalized spacial score (nSPS) is 22.3. The van der Waals surface area contributed by atoms with Crippen LogP contribution in [-0.2, 0) is 16.1 Å². The van der Waals surface area contributed by atoms with E-state index in [1.165, 1.54) is 31.4 Å². The lowest BCUT2D eigenvalue weighted by Gasteiger charge is -2.42. The molecule has 4 rings (SSSR count). The van der Waals surface area contributed by atoms with Crippen molar-refractivity contribution >= 4 is 11.8 Å². The zero-order chi connectivity index (χ0) is 20.2. The summed E-state index contributed by atoms with van der Waals surface area (Å²) in [7, 11) is 0. The second-order valence-electron chi connectivity index (χ2n) is 8.83. The number of hydrogen-bond donors (Lipinski definition) is 1. The lowest BCUT2D eigenvalue weighted by molar-refractivity contribution is -0.141. The van der Waals surface area contributed by atoms with Gasteiger partial charge in [0.1, 0.15) is 5.82 Å². The van der Waals surface area contributed by atoms with Crippen molar-refractivity contribution in [2.24, 2.45) is 11.8 Å². The molecule has 5 nitrogen and oxygen atoms in total. The van der Waals surface area contributed by atoms with E-state index in [9.17, 15) is 14.0 Å². The highest BCUT2D eigenvalue weighted by Crippen LogP contribution is 2.32. The molecule has 6 heteroatoms. The SMILES string of the molecule is O=C(NCc1cccc(F)c1)C(C1CCCC1)N1CCN(C(=O)C2CCC2)CC1. The number of halogens is 1. The molecule has 1 atom stereocenters. The summed E-state index contributed by atoms with van der Waals surface area (Å²) < 4.78 is 13.4. The molecule has 0 bridgehead atoms. The molecule has 2 saturated carbocycles. The summed E-state index contributed by atoms with van der Waals surface area (Å²) in [4.78, 5) is 29.9. The van der Waals surface area contributed by atoms with Crippen LogP contribution in [0.25, 0.3) is 0 Å². The fourth-order valence-corrected chi connectivity index (χ4v) is 5.03. The smallest absolute Gasteiger partial charge is 0.237 e. The average molecular weight is 402 g/mol. The fourth-order valence-electron chi connectivity index (χ4n) is 5.03. The second-order valence-corrected chi connectivity index (χ2v) is 8.83. The summed E-state index contributed by atoms with van der Waals surface area (Å²) in [6, 6.07) is 6.24. The molecule has 1 unspecified atom stereocenters. The van der Waals surface area contributed by atoms with Gasteiger partial charge < -0.3 is 10.2 Å². The lowest BCUT2D eigenvalue weighted by Crippen LogP contribution is -2.58. The Hall–Kier alpha value is -1.95. The molecule has 1 saturated heterocycles. The van der Waals surface area contributed by atoms with Crippen LogP contribution in [0.4, 0.5) is 4.39 Å². The third kappa shape index (κ3) is 4.80. The van der Waals surface area contributed by atoms with Crippen molar-refractivity contribution in [1.29, 1.82) is 0 Å². The van der Waals surface area contributed by atoms with E-state index in [-0.39, 0.29) is 23.7 Å². The van der Waals surface area contributed by atoms with Gasteiger partial charge in [0, 0.05) is 38.6 Å². The molecule has 2 amide bonds. The number of hydrogen-bond acceptors (Lipinski definition) is 3. The topological polar surface area (TPSA) is 52.7 Å². The van der Waals surface area contributed by atoms with Crippen LogP contribution in [-0.4, -0.2) is 53.8 Å². The second kappa shape index (κ2) is 9.24. The van der Waals surface area contributed by atoms with E-state index in [0.29, 0.717) is 18.4 Å². The molecule has 29 heavy (non-hydrogen) atoms. The Balaban J connectivity index is 1.36. The third-order valence-electron chi connectivity index (χ3n) is 6.94. The van der Waals surface area contributed by atoms with Crippen LogP contribution in [0.15, 0.2) is 24.3 Å². The van der Waals surface area contributed by atoms with E-state index in [0.717, 1.165) is 57.4 Å². The summed E-state index contributed by atoms with van der Waals surface area (Å²) in [5.41, 5.74) is 0.777. The Kier molecular flexibility index (Phi) is 6.48. The molecule has 2 aliphatic carbocycles. The van der Waals surface area contributed by atoms with Gasteiger partial charge in [-0.1, -0.05) is 31.4 Å². The van der Waals surface area contributed by atoms with Gasteiger partial charge in [-0.05, 0) is 49.3 Å². The summed E-state index contributed by atoms with van der Waals surface area (Å²) in [6.45, 7) is 3.30. The largest absolute Gasteiger partial charge is 0.351 e. The van der Waals surface area contributed by atoms with Crippen molar-refractivity contribution < 1.29 is 14.0 Å². The predicted octanol–water partition coefficient (Wildman–Crippen LogP) is 2.95. The van der Waals surface area contributed by atoms with Crippen molar-refractivity contribution in [2.45, 2.75) is 57.5 Å². The molecule has 0 radical (unpaired) electrons. The fraction of sp³-hybridized carbons (Fsp3) is 0.652. The average Bonchev–Trinajstić information content (AvgIpc) is 3.20. The van der Waals surface area contributed by atoms with E-state index in [2.05, 4.69) is 10.2 Å². The van der Waals surface area contributed by atoms with Crippen molar-refractivity contribution in [2.75, 3.05) is 26.2 Å². The van der Waals surface area contributed by atoms with Gasteiger partial charge >= 0.3 is 0 Å². The van der Waals surface area contributed by atoms with Gasteiger partial charge in [-0.25, -0.2) is 4.39 Å². The molecule has 1 aromatic rings. The molecule has 0 spiro atoms. The maximum absolute atomic E-state index is 13.4. The first-order valence-corrected chi connectivity index (χ1v) is 11.2. The molecule has 3 aliphatic rings. The van der Waals surface area contributed by atoms with Crippen LogP contribution < -0.4 is 5.32 Å². The molecular formula is C23H32FN3O2. The Morgan fingerprint density at radius 1 is 1.03 bits per heavy atom. The zero-order valence-electron chi connectivity index (χ0n) is 17.1. The summed E-state index contributed by atoms with van der Waals surface area (Å²) in [5.74, 6) is 0.679. The predicted molar refractivity (Wildman–Crippen MR) is 109 cm³/mol. The number of rotatable bonds is 6.